The second kappa shape index (κ2) is 7.26. The number of hydrogen-bond acceptors (Lipinski definition) is 4. The highest BCUT2D eigenvalue weighted by Gasteiger charge is 2.14. The average Bonchev–Trinajstić information content (AvgIpc) is 2.92. The molecule has 3 N–H and O–H groups in total. The Balaban J connectivity index is 2.08. The Hall–Kier alpha value is -2.37. The van der Waals surface area contributed by atoms with E-state index in [1.54, 1.807) is 0 Å². The van der Waals surface area contributed by atoms with Crippen molar-refractivity contribution in [3.63, 3.8) is 0 Å². The number of hydrogen-bond donors (Lipinski definition) is 3. The fourth-order valence-corrected chi connectivity index (χ4v) is 2.17. The Kier molecular flexibility index (Phi) is 5.36. The SMILES string of the molecule is Cc1nc(CNC(=O)c2cccc(NC(C)C(C)C)c2C)n[nH]1. The smallest absolute Gasteiger partial charge is 0.252 e. The van der Waals surface area contributed by atoms with Gasteiger partial charge in [0.25, 0.3) is 5.91 Å². The molecule has 0 aliphatic rings. The summed E-state index contributed by atoms with van der Waals surface area (Å²) in [6.07, 6.45) is 0. The van der Waals surface area contributed by atoms with Crippen LogP contribution >= 0.6 is 0 Å². The molecule has 1 amide bonds. The van der Waals surface area contributed by atoms with Gasteiger partial charge in [-0.2, -0.15) is 5.10 Å². The Morgan fingerprint density at radius 1 is 1.26 bits per heavy atom. The van der Waals surface area contributed by atoms with Crippen molar-refractivity contribution in [3.05, 3.63) is 41.0 Å². The van der Waals surface area contributed by atoms with Gasteiger partial charge in [0, 0.05) is 17.3 Å². The molecule has 2 rings (SSSR count). The lowest BCUT2D eigenvalue weighted by Gasteiger charge is -2.21. The normalized spacial score (nSPS) is 12.3. The predicted octanol–water partition coefficient (Wildman–Crippen LogP) is 2.81. The highest BCUT2D eigenvalue weighted by Crippen LogP contribution is 2.21. The molecule has 0 spiro atoms. The first-order valence-corrected chi connectivity index (χ1v) is 7.90. The number of amides is 1. The standard InChI is InChI=1S/C17H25N5O/c1-10(2)12(4)19-15-8-6-7-14(11(15)3)17(23)18-9-16-20-13(5)21-22-16/h6-8,10,12,19H,9H2,1-5H3,(H,18,23)(H,20,21,22). The van der Waals surface area contributed by atoms with Crippen molar-refractivity contribution in [2.45, 2.75) is 47.2 Å². The van der Waals surface area contributed by atoms with E-state index in [0.29, 0.717) is 29.9 Å². The van der Waals surface area contributed by atoms with Crippen molar-refractivity contribution >= 4 is 11.6 Å². The molecule has 6 heteroatoms. The van der Waals surface area contributed by atoms with Crippen LogP contribution in [0.1, 0.15) is 48.3 Å². The Labute approximate surface area is 137 Å². The van der Waals surface area contributed by atoms with Crippen molar-refractivity contribution < 1.29 is 4.79 Å². The van der Waals surface area contributed by atoms with Crippen molar-refractivity contribution in [1.29, 1.82) is 0 Å². The van der Waals surface area contributed by atoms with Gasteiger partial charge in [-0.3, -0.25) is 9.89 Å². The molecular formula is C17H25N5O. The molecule has 0 aliphatic heterocycles. The van der Waals surface area contributed by atoms with E-state index < -0.39 is 0 Å². The van der Waals surface area contributed by atoms with E-state index in [1.807, 2.05) is 32.0 Å². The number of nitrogens with one attached hydrogen (secondary N) is 3. The molecule has 1 aromatic heterocycles. The van der Waals surface area contributed by atoms with Crippen molar-refractivity contribution in [2.75, 3.05) is 5.32 Å². The molecule has 2 aromatic rings. The lowest BCUT2D eigenvalue weighted by Crippen LogP contribution is -2.26. The summed E-state index contributed by atoms with van der Waals surface area (Å²) >= 11 is 0. The second-order valence-electron chi connectivity index (χ2n) is 6.17. The summed E-state index contributed by atoms with van der Waals surface area (Å²) in [5.41, 5.74) is 2.61. The van der Waals surface area contributed by atoms with E-state index >= 15 is 0 Å². The molecule has 23 heavy (non-hydrogen) atoms. The number of carbonyl (C=O) groups is 1. The monoisotopic (exact) mass is 315 g/mol. The fourth-order valence-electron chi connectivity index (χ4n) is 2.17. The molecule has 0 saturated carbocycles. The van der Waals surface area contributed by atoms with E-state index in [1.165, 1.54) is 0 Å². The van der Waals surface area contributed by atoms with Crippen LogP contribution in [0.15, 0.2) is 18.2 Å². The third-order valence-electron chi connectivity index (χ3n) is 4.01. The Bertz CT molecular complexity index is 677. The number of rotatable bonds is 6. The van der Waals surface area contributed by atoms with Gasteiger partial charge in [0.2, 0.25) is 0 Å². The first-order valence-electron chi connectivity index (χ1n) is 7.90. The zero-order chi connectivity index (χ0) is 17.0. The minimum Gasteiger partial charge on any atom is -0.382 e. The lowest BCUT2D eigenvalue weighted by atomic mass is 10.0. The van der Waals surface area contributed by atoms with Crippen LogP contribution in [0.5, 0.6) is 0 Å². The van der Waals surface area contributed by atoms with Crippen LogP contribution in [0, 0.1) is 19.8 Å². The highest BCUT2D eigenvalue weighted by atomic mass is 16.1. The van der Waals surface area contributed by atoms with E-state index in [2.05, 4.69) is 46.6 Å². The third-order valence-corrected chi connectivity index (χ3v) is 4.01. The van der Waals surface area contributed by atoms with Gasteiger partial charge in [0.15, 0.2) is 5.82 Å². The molecule has 1 heterocycles. The van der Waals surface area contributed by atoms with Crippen LogP contribution in [0.4, 0.5) is 5.69 Å². The number of aryl methyl sites for hydroxylation is 1. The van der Waals surface area contributed by atoms with Gasteiger partial charge >= 0.3 is 0 Å². The van der Waals surface area contributed by atoms with Crippen LogP contribution in [-0.4, -0.2) is 27.1 Å². The van der Waals surface area contributed by atoms with Crippen LogP contribution in [0.2, 0.25) is 0 Å². The molecule has 0 radical (unpaired) electrons. The first-order chi connectivity index (χ1) is 10.9. The Morgan fingerprint density at radius 2 is 2.00 bits per heavy atom. The molecule has 0 saturated heterocycles. The number of H-pyrrole nitrogens is 1. The van der Waals surface area contributed by atoms with Crippen LogP contribution < -0.4 is 10.6 Å². The van der Waals surface area contributed by atoms with Gasteiger partial charge in [-0.15, -0.1) is 0 Å². The van der Waals surface area contributed by atoms with Gasteiger partial charge in [-0.05, 0) is 44.4 Å². The van der Waals surface area contributed by atoms with Crippen molar-refractivity contribution in [1.82, 2.24) is 20.5 Å². The van der Waals surface area contributed by atoms with Gasteiger partial charge < -0.3 is 10.6 Å². The van der Waals surface area contributed by atoms with Gasteiger partial charge in [0.05, 0.1) is 6.54 Å². The number of aromatic amines is 1. The topological polar surface area (TPSA) is 82.7 Å². The molecule has 1 unspecified atom stereocenters. The maximum Gasteiger partial charge on any atom is 0.252 e. The number of aromatic nitrogens is 3. The average molecular weight is 315 g/mol. The summed E-state index contributed by atoms with van der Waals surface area (Å²) < 4.78 is 0. The number of carbonyl (C=O) groups excluding carboxylic acids is 1. The zero-order valence-electron chi connectivity index (χ0n) is 14.4. The van der Waals surface area contributed by atoms with Gasteiger partial charge in [0.1, 0.15) is 5.82 Å². The molecule has 124 valence electrons. The first kappa shape index (κ1) is 17.0. The van der Waals surface area contributed by atoms with Crippen LogP contribution in [0.25, 0.3) is 0 Å². The minimum atomic E-state index is -0.120. The summed E-state index contributed by atoms with van der Waals surface area (Å²) in [5.74, 6) is 1.71. The maximum absolute atomic E-state index is 12.4. The van der Waals surface area contributed by atoms with E-state index in [-0.39, 0.29) is 5.91 Å². The molecule has 1 atom stereocenters. The summed E-state index contributed by atoms with van der Waals surface area (Å²) in [6, 6.07) is 6.07. The summed E-state index contributed by atoms with van der Waals surface area (Å²) in [7, 11) is 0. The quantitative estimate of drug-likeness (QED) is 0.765. The number of benzene rings is 1. The largest absolute Gasteiger partial charge is 0.382 e. The molecular weight excluding hydrogens is 290 g/mol. The molecule has 1 aromatic carbocycles. The predicted molar refractivity (Wildman–Crippen MR) is 91.4 cm³/mol. The lowest BCUT2D eigenvalue weighted by molar-refractivity contribution is 0.0949. The van der Waals surface area contributed by atoms with E-state index in [0.717, 1.165) is 17.1 Å². The van der Waals surface area contributed by atoms with Crippen LogP contribution in [-0.2, 0) is 6.54 Å². The summed E-state index contributed by atoms with van der Waals surface area (Å²) in [5, 5.41) is 13.1. The molecule has 0 aliphatic carbocycles. The molecule has 0 fully saturated rings. The minimum absolute atomic E-state index is 0.120. The molecule has 0 bridgehead atoms. The van der Waals surface area contributed by atoms with E-state index in [9.17, 15) is 4.79 Å². The fraction of sp³-hybridized carbons (Fsp3) is 0.471. The molecule has 6 nitrogen and oxygen atoms in total. The van der Waals surface area contributed by atoms with Gasteiger partial charge in [-0.25, -0.2) is 4.98 Å². The number of nitrogens with zero attached hydrogens (tertiary/aromatic N) is 2. The Morgan fingerprint density at radius 3 is 2.61 bits per heavy atom. The third kappa shape index (κ3) is 4.31. The summed E-state index contributed by atoms with van der Waals surface area (Å²) in [4.78, 5) is 16.6. The van der Waals surface area contributed by atoms with E-state index in [4.69, 9.17) is 0 Å². The van der Waals surface area contributed by atoms with Crippen molar-refractivity contribution in [2.24, 2.45) is 5.92 Å². The zero-order valence-corrected chi connectivity index (χ0v) is 14.4. The number of anilines is 1. The van der Waals surface area contributed by atoms with Crippen molar-refractivity contribution in [3.8, 4) is 0 Å². The highest BCUT2D eigenvalue weighted by molar-refractivity contribution is 5.96. The second-order valence-corrected chi connectivity index (χ2v) is 6.17. The van der Waals surface area contributed by atoms with Gasteiger partial charge in [-0.1, -0.05) is 19.9 Å². The maximum atomic E-state index is 12.4. The summed E-state index contributed by atoms with van der Waals surface area (Å²) in [6.45, 7) is 10.6. The van der Waals surface area contributed by atoms with Crippen LogP contribution in [0.3, 0.4) is 0 Å².